The second-order valence-corrected chi connectivity index (χ2v) is 6.48. The minimum absolute atomic E-state index is 0.688. The van der Waals surface area contributed by atoms with Crippen LogP contribution in [0.25, 0.3) is 0 Å². The smallest absolute Gasteiger partial charge is 0.0246 e. The summed E-state index contributed by atoms with van der Waals surface area (Å²) in [6, 6.07) is 12.3. The fourth-order valence-electron chi connectivity index (χ4n) is 3.50. The Morgan fingerprint density at radius 2 is 1.86 bits per heavy atom. The molecule has 21 heavy (non-hydrogen) atoms. The van der Waals surface area contributed by atoms with E-state index in [1.165, 1.54) is 50.6 Å². The van der Waals surface area contributed by atoms with Crippen molar-refractivity contribution in [3.63, 3.8) is 0 Å². The topological polar surface area (TPSA) is 15.3 Å². The first kappa shape index (κ1) is 16.5. The lowest BCUT2D eigenvalue weighted by Crippen LogP contribution is -2.48. The summed E-state index contributed by atoms with van der Waals surface area (Å²) in [5.41, 5.74) is 1.45. The van der Waals surface area contributed by atoms with Gasteiger partial charge in [0.25, 0.3) is 0 Å². The Morgan fingerprint density at radius 3 is 2.62 bits per heavy atom. The van der Waals surface area contributed by atoms with Crippen molar-refractivity contribution in [3.8, 4) is 0 Å². The van der Waals surface area contributed by atoms with Gasteiger partial charge >= 0.3 is 0 Å². The molecule has 0 radical (unpaired) electrons. The fourth-order valence-corrected chi connectivity index (χ4v) is 3.50. The summed E-state index contributed by atoms with van der Waals surface area (Å²) in [6.45, 7) is 4.59. The number of nitrogens with zero attached hydrogens (tertiary/aromatic N) is 1. The minimum atomic E-state index is 0.688. The van der Waals surface area contributed by atoms with Gasteiger partial charge in [-0.15, -0.1) is 0 Å². The number of hydrogen-bond acceptors (Lipinski definition) is 2. The Kier molecular flexibility index (Phi) is 7.25. The zero-order chi connectivity index (χ0) is 14.9. The molecule has 1 aromatic carbocycles. The predicted molar refractivity (Wildman–Crippen MR) is 91.7 cm³/mol. The van der Waals surface area contributed by atoms with E-state index in [0.29, 0.717) is 12.1 Å². The molecule has 0 saturated heterocycles. The molecule has 1 N–H and O–H groups in total. The molecular weight excluding hydrogens is 256 g/mol. The summed E-state index contributed by atoms with van der Waals surface area (Å²) in [5.74, 6) is 0. The maximum Gasteiger partial charge on any atom is 0.0246 e. The van der Waals surface area contributed by atoms with Crippen molar-refractivity contribution >= 4 is 0 Å². The lowest BCUT2D eigenvalue weighted by atomic mass is 10.0. The van der Waals surface area contributed by atoms with Gasteiger partial charge < -0.3 is 10.2 Å². The molecule has 2 atom stereocenters. The van der Waals surface area contributed by atoms with Crippen LogP contribution in [0.1, 0.15) is 51.0 Å². The van der Waals surface area contributed by atoms with E-state index < -0.39 is 0 Å². The fraction of sp³-hybridized carbons (Fsp3) is 0.684. The van der Waals surface area contributed by atoms with E-state index in [-0.39, 0.29) is 0 Å². The standard InChI is InChI=1S/C19H32N2/c1-3-15-20-18-12-8-5-9-13-19(18)21(2)16-14-17-10-6-4-7-11-17/h4,6-7,10-11,18-20H,3,5,8-9,12-16H2,1-2H3. The largest absolute Gasteiger partial charge is 0.312 e. The summed E-state index contributed by atoms with van der Waals surface area (Å²) in [7, 11) is 2.32. The molecule has 1 saturated carbocycles. The molecule has 1 fully saturated rings. The Labute approximate surface area is 130 Å². The van der Waals surface area contributed by atoms with Crippen LogP contribution in [-0.4, -0.2) is 37.1 Å². The average molecular weight is 288 g/mol. The molecule has 0 spiro atoms. The average Bonchev–Trinajstić information content (AvgIpc) is 2.77. The van der Waals surface area contributed by atoms with Gasteiger partial charge in [-0.2, -0.15) is 0 Å². The molecule has 0 aliphatic heterocycles. The van der Waals surface area contributed by atoms with Crippen LogP contribution in [0, 0.1) is 0 Å². The number of rotatable bonds is 7. The van der Waals surface area contributed by atoms with Gasteiger partial charge in [0.15, 0.2) is 0 Å². The first-order chi connectivity index (χ1) is 10.3. The van der Waals surface area contributed by atoms with Crippen LogP contribution in [-0.2, 0) is 6.42 Å². The van der Waals surface area contributed by atoms with Crippen LogP contribution >= 0.6 is 0 Å². The molecule has 0 heterocycles. The molecular formula is C19H32N2. The van der Waals surface area contributed by atoms with Gasteiger partial charge in [0.2, 0.25) is 0 Å². The van der Waals surface area contributed by atoms with Crippen molar-refractivity contribution < 1.29 is 0 Å². The zero-order valence-electron chi connectivity index (χ0n) is 13.9. The lowest BCUT2D eigenvalue weighted by Gasteiger charge is -2.34. The summed E-state index contributed by atoms with van der Waals surface area (Å²) in [6.07, 6.45) is 9.29. The predicted octanol–water partition coefficient (Wildman–Crippen LogP) is 3.86. The highest BCUT2D eigenvalue weighted by molar-refractivity contribution is 5.14. The highest BCUT2D eigenvalue weighted by atomic mass is 15.2. The van der Waals surface area contributed by atoms with Crippen LogP contribution in [0.5, 0.6) is 0 Å². The monoisotopic (exact) mass is 288 g/mol. The molecule has 2 unspecified atom stereocenters. The third kappa shape index (κ3) is 5.44. The van der Waals surface area contributed by atoms with E-state index in [1.807, 2.05) is 0 Å². The number of hydrogen-bond donors (Lipinski definition) is 1. The Balaban J connectivity index is 1.88. The van der Waals surface area contributed by atoms with Crippen LogP contribution in [0.15, 0.2) is 30.3 Å². The van der Waals surface area contributed by atoms with E-state index in [0.717, 1.165) is 13.0 Å². The van der Waals surface area contributed by atoms with Crippen molar-refractivity contribution in [1.82, 2.24) is 10.2 Å². The molecule has 2 heteroatoms. The van der Waals surface area contributed by atoms with E-state index in [1.54, 1.807) is 0 Å². The van der Waals surface area contributed by atoms with Gasteiger partial charge in [0.1, 0.15) is 0 Å². The van der Waals surface area contributed by atoms with Crippen LogP contribution in [0.4, 0.5) is 0 Å². The van der Waals surface area contributed by atoms with Gasteiger partial charge in [0.05, 0.1) is 0 Å². The number of likely N-dealkylation sites (N-methyl/N-ethyl adjacent to an activating group) is 1. The third-order valence-electron chi connectivity index (χ3n) is 4.80. The highest BCUT2D eigenvalue weighted by Crippen LogP contribution is 2.22. The summed E-state index contributed by atoms with van der Waals surface area (Å²) >= 11 is 0. The Hall–Kier alpha value is -0.860. The maximum atomic E-state index is 3.80. The normalized spacial score (nSPS) is 23.2. The van der Waals surface area contributed by atoms with Gasteiger partial charge in [-0.25, -0.2) is 0 Å². The Morgan fingerprint density at radius 1 is 1.10 bits per heavy atom. The van der Waals surface area contributed by atoms with Crippen LogP contribution < -0.4 is 5.32 Å². The molecule has 1 aliphatic carbocycles. The molecule has 0 amide bonds. The zero-order valence-corrected chi connectivity index (χ0v) is 13.9. The summed E-state index contributed by atoms with van der Waals surface area (Å²) in [4.78, 5) is 2.60. The molecule has 2 rings (SSSR count). The molecule has 1 aromatic rings. The molecule has 1 aliphatic rings. The van der Waals surface area contributed by atoms with E-state index in [4.69, 9.17) is 0 Å². The van der Waals surface area contributed by atoms with Crippen molar-refractivity contribution in [1.29, 1.82) is 0 Å². The van der Waals surface area contributed by atoms with Crippen molar-refractivity contribution in [2.45, 2.75) is 64.0 Å². The molecule has 0 aromatic heterocycles. The quantitative estimate of drug-likeness (QED) is 0.766. The van der Waals surface area contributed by atoms with E-state index >= 15 is 0 Å². The third-order valence-corrected chi connectivity index (χ3v) is 4.80. The molecule has 0 bridgehead atoms. The van der Waals surface area contributed by atoms with Crippen LogP contribution in [0.2, 0.25) is 0 Å². The van der Waals surface area contributed by atoms with Gasteiger partial charge in [0, 0.05) is 18.6 Å². The van der Waals surface area contributed by atoms with Crippen LogP contribution in [0.3, 0.4) is 0 Å². The van der Waals surface area contributed by atoms with Crippen molar-refractivity contribution in [3.05, 3.63) is 35.9 Å². The second-order valence-electron chi connectivity index (χ2n) is 6.48. The van der Waals surface area contributed by atoms with E-state index in [2.05, 4.69) is 54.5 Å². The Bertz CT molecular complexity index is 376. The van der Waals surface area contributed by atoms with Crippen molar-refractivity contribution in [2.75, 3.05) is 20.1 Å². The minimum Gasteiger partial charge on any atom is -0.312 e. The summed E-state index contributed by atoms with van der Waals surface area (Å²) < 4.78 is 0. The maximum absolute atomic E-state index is 3.80. The first-order valence-corrected chi connectivity index (χ1v) is 8.79. The van der Waals surface area contributed by atoms with Gasteiger partial charge in [-0.3, -0.25) is 0 Å². The van der Waals surface area contributed by atoms with Crippen molar-refractivity contribution in [2.24, 2.45) is 0 Å². The highest BCUT2D eigenvalue weighted by Gasteiger charge is 2.26. The summed E-state index contributed by atoms with van der Waals surface area (Å²) in [5, 5.41) is 3.80. The lowest BCUT2D eigenvalue weighted by molar-refractivity contribution is 0.183. The number of benzene rings is 1. The van der Waals surface area contributed by atoms with E-state index in [9.17, 15) is 0 Å². The van der Waals surface area contributed by atoms with Gasteiger partial charge in [-0.1, -0.05) is 56.5 Å². The molecule has 2 nitrogen and oxygen atoms in total. The first-order valence-electron chi connectivity index (χ1n) is 8.79. The SMILES string of the molecule is CCCNC1CCCCCC1N(C)CCc1ccccc1. The molecule has 118 valence electrons. The van der Waals surface area contributed by atoms with Gasteiger partial charge in [-0.05, 0) is 44.8 Å². The number of nitrogens with one attached hydrogen (secondary N) is 1. The second kappa shape index (κ2) is 9.22.